The van der Waals surface area contributed by atoms with Crippen LogP contribution in [0.5, 0.6) is 0 Å². The minimum atomic E-state index is 0.558. The SMILES string of the molecule is c1ccc(-c2cc(-c3ccc(-n4c5ccccc5c5c6oc7ccccc7c6c6ccccc6c54)nc3)cc(-c3ccccc3)n2)cc1.c1ccc(-c2cc(-c3cnc(-n4c5ccccc5c5c6ccccc6c6c7ccccc7oc6c54)nc3)nc(-c3ccccc3)n2)cc1. The van der Waals surface area contributed by atoms with Gasteiger partial charge in [0.25, 0.3) is 0 Å². The van der Waals surface area contributed by atoms with Crippen molar-refractivity contribution in [2.75, 3.05) is 0 Å². The van der Waals surface area contributed by atoms with E-state index in [-0.39, 0.29) is 0 Å². The van der Waals surface area contributed by atoms with Crippen LogP contribution in [-0.2, 0) is 0 Å². The van der Waals surface area contributed by atoms with E-state index in [1.807, 2.05) is 104 Å². The normalized spacial score (nSPS) is 11.8. The van der Waals surface area contributed by atoms with E-state index in [2.05, 4.69) is 221 Å². The number of rotatable bonds is 8. The Morgan fingerprint density at radius 2 is 0.667 bits per heavy atom. The average Bonchev–Trinajstić information content (AvgIpc) is 1.56. The Morgan fingerprint density at radius 1 is 0.250 bits per heavy atom. The standard InChI is InChI=1S/C44H27N3O.C42H25N5O/c1-3-13-28(14-4-1)36-25-31(26-37(46-36)29-15-5-2-6-16-29)30-23-24-40(45-27-30)47-38-21-11-9-19-34(38)42-43(47)33-18-8-7-17-32(33)41-35-20-10-12-22-39(35)48-44(41)42;1-3-13-26(14-4-1)33-23-34(46-41(45-33)27-15-5-2-6-16-27)28-24-43-42(44-25-28)47-35-21-11-9-19-31(35)37-29-17-7-8-18-30(29)38-32-20-10-12-22-36(32)48-40(38)39(37)47/h1-27H;1-25H. The van der Waals surface area contributed by atoms with E-state index in [9.17, 15) is 0 Å². The summed E-state index contributed by atoms with van der Waals surface area (Å²) in [4.78, 5) is 30.1. The fourth-order valence-electron chi connectivity index (χ4n) is 14.2. The molecule has 0 spiro atoms. The van der Waals surface area contributed by atoms with Gasteiger partial charge in [-0.3, -0.25) is 9.13 Å². The van der Waals surface area contributed by atoms with E-state index < -0.39 is 0 Å². The van der Waals surface area contributed by atoms with Crippen molar-refractivity contribution in [3.05, 3.63) is 316 Å². The first-order valence-corrected chi connectivity index (χ1v) is 32.1. The van der Waals surface area contributed by atoms with Gasteiger partial charge in [-0.1, -0.05) is 243 Å². The largest absolute Gasteiger partial charge is 0.455 e. The number of hydrogen-bond donors (Lipinski definition) is 0. The Bertz CT molecular complexity index is 6300. The summed E-state index contributed by atoms with van der Waals surface area (Å²) in [5.74, 6) is 2.06. The van der Waals surface area contributed by atoms with Crippen LogP contribution in [0.3, 0.4) is 0 Å². The number of pyridine rings is 2. The van der Waals surface area contributed by atoms with Gasteiger partial charge in [0.1, 0.15) is 28.1 Å². The number of furan rings is 2. The Balaban J connectivity index is 0.000000135. The molecule has 8 aromatic heterocycles. The molecule has 20 aromatic rings. The highest BCUT2D eigenvalue weighted by Gasteiger charge is 2.26. The zero-order chi connectivity index (χ0) is 63.2. The minimum absolute atomic E-state index is 0.558. The lowest BCUT2D eigenvalue weighted by Gasteiger charge is -2.12. The van der Waals surface area contributed by atoms with Gasteiger partial charge in [0.15, 0.2) is 11.4 Å². The summed E-state index contributed by atoms with van der Waals surface area (Å²) in [6, 6.07) is 102. The van der Waals surface area contributed by atoms with Gasteiger partial charge in [-0.05, 0) is 76.3 Å². The second-order valence-electron chi connectivity index (χ2n) is 24.1. The lowest BCUT2D eigenvalue weighted by molar-refractivity contribution is 0.671. The van der Waals surface area contributed by atoms with Crippen LogP contribution < -0.4 is 0 Å². The first-order chi connectivity index (χ1) is 47.6. The molecule has 0 saturated carbocycles. The smallest absolute Gasteiger partial charge is 0.234 e. The minimum Gasteiger partial charge on any atom is -0.455 e. The topological polar surface area (TPSA) is 113 Å². The van der Waals surface area contributed by atoms with Crippen LogP contribution in [0.15, 0.2) is 325 Å². The highest BCUT2D eigenvalue weighted by atomic mass is 16.3. The summed E-state index contributed by atoms with van der Waals surface area (Å²) in [6.45, 7) is 0. The predicted octanol–water partition coefficient (Wildman–Crippen LogP) is 22.0. The van der Waals surface area contributed by atoms with Gasteiger partial charge < -0.3 is 8.83 Å². The zero-order valence-corrected chi connectivity index (χ0v) is 51.4. The van der Waals surface area contributed by atoms with Crippen LogP contribution in [0.25, 0.3) is 188 Å². The van der Waals surface area contributed by atoms with E-state index in [1.165, 1.54) is 16.2 Å². The summed E-state index contributed by atoms with van der Waals surface area (Å²) in [5, 5.41) is 13.6. The quantitative estimate of drug-likeness (QED) is 0.148. The number of nitrogens with zero attached hydrogens (tertiary/aromatic N) is 8. The molecule has 0 atom stereocenters. The molecule has 0 saturated heterocycles. The molecule has 12 aromatic carbocycles. The second kappa shape index (κ2) is 22.3. The second-order valence-corrected chi connectivity index (χ2v) is 24.1. The zero-order valence-electron chi connectivity index (χ0n) is 51.4. The highest BCUT2D eigenvalue weighted by molar-refractivity contribution is 6.36. The Morgan fingerprint density at radius 3 is 1.23 bits per heavy atom. The third-order valence-corrected chi connectivity index (χ3v) is 18.5. The molecule has 0 N–H and O–H groups in total. The molecule has 0 amide bonds. The van der Waals surface area contributed by atoms with Crippen molar-refractivity contribution in [3.8, 4) is 79.3 Å². The van der Waals surface area contributed by atoms with Crippen LogP contribution in [0.1, 0.15) is 0 Å². The summed E-state index contributed by atoms with van der Waals surface area (Å²) in [7, 11) is 0. The molecule has 10 nitrogen and oxygen atoms in total. The van der Waals surface area contributed by atoms with Gasteiger partial charge in [-0.2, -0.15) is 0 Å². The van der Waals surface area contributed by atoms with E-state index in [4.69, 9.17) is 38.7 Å². The molecular weight excluding hydrogens is 1180 g/mol. The van der Waals surface area contributed by atoms with E-state index >= 15 is 0 Å². The lowest BCUT2D eigenvalue weighted by Crippen LogP contribution is -2.02. The third kappa shape index (κ3) is 8.88. The van der Waals surface area contributed by atoms with Crippen molar-refractivity contribution >= 4 is 109 Å². The molecule has 0 fully saturated rings. The molecule has 0 aliphatic rings. The number of hydrogen-bond acceptors (Lipinski definition) is 8. The number of para-hydroxylation sites is 4. The summed E-state index contributed by atoms with van der Waals surface area (Å²) < 4.78 is 17.8. The maximum Gasteiger partial charge on any atom is 0.234 e. The first-order valence-electron chi connectivity index (χ1n) is 32.1. The lowest BCUT2D eigenvalue weighted by atomic mass is 9.99. The van der Waals surface area contributed by atoms with E-state index in [0.717, 1.165) is 160 Å². The van der Waals surface area contributed by atoms with Crippen molar-refractivity contribution < 1.29 is 8.83 Å². The van der Waals surface area contributed by atoms with Gasteiger partial charge in [0.2, 0.25) is 5.95 Å². The molecule has 20 rings (SSSR count). The number of benzene rings is 12. The van der Waals surface area contributed by atoms with Gasteiger partial charge in [-0.25, -0.2) is 29.9 Å². The molecule has 10 heteroatoms. The average molecular weight is 1230 g/mol. The number of fused-ring (bicyclic) bond motifs is 20. The van der Waals surface area contributed by atoms with Crippen LogP contribution in [0.2, 0.25) is 0 Å². The van der Waals surface area contributed by atoms with Crippen molar-refractivity contribution in [2.45, 2.75) is 0 Å². The van der Waals surface area contributed by atoms with E-state index in [1.54, 1.807) is 0 Å². The molecule has 0 aliphatic carbocycles. The molecule has 8 heterocycles. The highest BCUT2D eigenvalue weighted by Crippen LogP contribution is 2.48. The van der Waals surface area contributed by atoms with Gasteiger partial charge >= 0.3 is 0 Å². The van der Waals surface area contributed by atoms with Crippen LogP contribution in [-0.4, -0.2) is 39.0 Å². The van der Waals surface area contributed by atoms with Gasteiger partial charge in [-0.15, -0.1) is 0 Å². The summed E-state index contributed by atoms with van der Waals surface area (Å²) in [6.07, 6.45) is 5.69. The molecule has 448 valence electrons. The fraction of sp³-hybridized carbons (Fsp3) is 0. The molecule has 96 heavy (non-hydrogen) atoms. The van der Waals surface area contributed by atoms with Crippen molar-refractivity contribution in [3.63, 3.8) is 0 Å². The molecule has 0 radical (unpaired) electrons. The number of aromatic nitrogens is 8. The Kier molecular flexibility index (Phi) is 12.7. The summed E-state index contributed by atoms with van der Waals surface area (Å²) >= 11 is 0. The van der Waals surface area contributed by atoms with Crippen molar-refractivity contribution in [1.29, 1.82) is 0 Å². The fourth-order valence-corrected chi connectivity index (χ4v) is 14.2. The molecule has 0 bridgehead atoms. The van der Waals surface area contributed by atoms with Gasteiger partial charge in [0.05, 0.1) is 44.7 Å². The molecule has 0 unspecified atom stereocenters. The van der Waals surface area contributed by atoms with Crippen LogP contribution in [0.4, 0.5) is 0 Å². The maximum atomic E-state index is 6.68. The predicted molar refractivity (Wildman–Crippen MR) is 391 cm³/mol. The first kappa shape index (κ1) is 54.5. The van der Waals surface area contributed by atoms with Crippen LogP contribution >= 0.6 is 0 Å². The third-order valence-electron chi connectivity index (χ3n) is 18.5. The van der Waals surface area contributed by atoms with E-state index in [0.29, 0.717) is 11.8 Å². The van der Waals surface area contributed by atoms with Crippen LogP contribution in [0, 0.1) is 0 Å². The maximum absolute atomic E-state index is 6.68. The summed E-state index contributed by atoms with van der Waals surface area (Å²) in [5.41, 5.74) is 18.1. The van der Waals surface area contributed by atoms with Crippen molar-refractivity contribution in [1.82, 2.24) is 39.0 Å². The molecule has 0 aliphatic heterocycles. The Hall–Kier alpha value is -13.2. The van der Waals surface area contributed by atoms with Crippen molar-refractivity contribution in [2.24, 2.45) is 0 Å². The molecular formula is C86H52N8O2. The van der Waals surface area contributed by atoms with Gasteiger partial charge in [0, 0.05) is 95.1 Å². The monoisotopic (exact) mass is 1230 g/mol. The Labute approximate surface area is 549 Å².